The maximum atomic E-state index is 13.7. The number of amides is 2. The molecule has 2 N–H and O–H groups in total. The second kappa shape index (κ2) is 7.93. The molecule has 0 aliphatic heterocycles. The Balaban J connectivity index is 1.85. The summed E-state index contributed by atoms with van der Waals surface area (Å²) >= 11 is 7.42. The molecule has 29 heavy (non-hydrogen) atoms. The molecule has 3 aromatic rings. The van der Waals surface area contributed by atoms with E-state index in [2.05, 4.69) is 9.97 Å². The largest absolute Gasteiger partial charge is 0.368 e. The lowest BCUT2D eigenvalue weighted by molar-refractivity contribution is -0.123. The van der Waals surface area contributed by atoms with E-state index in [4.69, 9.17) is 17.3 Å². The van der Waals surface area contributed by atoms with Gasteiger partial charge >= 0.3 is 0 Å². The maximum Gasteiger partial charge on any atom is 0.267 e. The van der Waals surface area contributed by atoms with Crippen LogP contribution < -0.4 is 5.73 Å². The fraction of sp³-hybridized carbons (Fsp3) is 0.238. The molecule has 0 fully saturated rings. The standard InChI is InChI=1S/C21H19ClN4O2S/c1-12-19(29-11-25-12)21(28)26(18(20(23)27)14-3-2-8-24-10-14)17-7-4-13-9-15(22)5-6-16(13)17/h2-3,5-6,8-11,17-18H,4,7H2,1H3,(H2,23,27)/t17-,18-/m1/s1. The van der Waals surface area contributed by atoms with E-state index in [9.17, 15) is 9.59 Å². The van der Waals surface area contributed by atoms with Crippen molar-refractivity contribution in [2.24, 2.45) is 5.73 Å². The molecule has 0 bridgehead atoms. The number of benzene rings is 1. The smallest absolute Gasteiger partial charge is 0.267 e. The van der Waals surface area contributed by atoms with Crippen molar-refractivity contribution in [3.05, 3.63) is 80.5 Å². The van der Waals surface area contributed by atoms with E-state index in [1.807, 2.05) is 18.2 Å². The Hall–Kier alpha value is -2.77. The molecule has 0 saturated carbocycles. The van der Waals surface area contributed by atoms with Gasteiger partial charge in [0.2, 0.25) is 5.91 Å². The Morgan fingerprint density at radius 1 is 1.34 bits per heavy atom. The Morgan fingerprint density at radius 3 is 2.83 bits per heavy atom. The zero-order valence-electron chi connectivity index (χ0n) is 15.7. The monoisotopic (exact) mass is 426 g/mol. The topological polar surface area (TPSA) is 89.2 Å². The quantitative estimate of drug-likeness (QED) is 0.670. The first kappa shape index (κ1) is 19.5. The first-order chi connectivity index (χ1) is 14.0. The molecule has 6 nitrogen and oxygen atoms in total. The number of aryl methyl sites for hydroxylation is 2. The molecule has 0 saturated heterocycles. The molecule has 4 rings (SSSR count). The SMILES string of the molecule is Cc1ncsc1C(=O)N([C@@H]1CCc2cc(Cl)ccc21)[C@@H](C(N)=O)c1cccnc1. The van der Waals surface area contributed by atoms with Crippen molar-refractivity contribution in [1.82, 2.24) is 14.9 Å². The van der Waals surface area contributed by atoms with Crippen molar-refractivity contribution in [2.45, 2.75) is 31.8 Å². The molecule has 0 spiro atoms. The zero-order valence-corrected chi connectivity index (χ0v) is 17.3. The van der Waals surface area contributed by atoms with Crippen molar-refractivity contribution in [1.29, 1.82) is 0 Å². The van der Waals surface area contributed by atoms with Crippen molar-refractivity contribution < 1.29 is 9.59 Å². The molecular weight excluding hydrogens is 408 g/mol. The van der Waals surface area contributed by atoms with Crippen molar-refractivity contribution in [2.75, 3.05) is 0 Å². The van der Waals surface area contributed by atoms with Crippen LogP contribution in [0.5, 0.6) is 0 Å². The lowest BCUT2D eigenvalue weighted by Gasteiger charge is -2.35. The van der Waals surface area contributed by atoms with E-state index < -0.39 is 11.9 Å². The number of nitrogens with zero attached hydrogens (tertiary/aromatic N) is 3. The van der Waals surface area contributed by atoms with Gasteiger partial charge in [0.1, 0.15) is 10.9 Å². The average Bonchev–Trinajstić information content (AvgIpc) is 3.31. The van der Waals surface area contributed by atoms with Crippen LogP contribution in [-0.4, -0.2) is 26.7 Å². The number of rotatable bonds is 5. The number of thiazole rings is 1. The Bertz CT molecular complexity index is 1070. The highest BCUT2D eigenvalue weighted by molar-refractivity contribution is 7.11. The summed E-state index contributed by atoms with van der Waals surface area (Å²) < 4.78 is 0. The summed E-state index contributed by atoms with van der Waals surface area (Å²) in [7, 11) is 0. The summed E-state index contributed by atoms with van der Waals surface area (Å²) in [5.74, 6) is -0.860. The minimum absolute atomic E-state index is 0.259. The van der Waals surface area contributed by atoms with E-state index >= 15 is 0 Å². The zero-order chi connectivity index (χ0) is 20.5. The Labute approximate surface area is 177 Å². The van der Waals surface area contributed by atoms with Crippen LogP contribution in [0.3, 0.4) is 0 Å². The first-order valence-corrected chi connectivity index (χ1v) is 10.4. The van der Waals surface area contributed by atoms with Gasteiger partial charge in [-0.05, 0) is 49.1 Å². The summed E-state index contributed by atoms with van der Waals surface area (Å²) in [5, 5.41) is 0.652. The van der Waals surface area contributed by atoms with Crippen LogP contribution in [0.4, 0.5) is 0 Å². The first-order valence-electron chi connectivity index (χ1n) is 9.17. The van der Waals surface area contributed by atoms with Crippen LogP contribution in [0.15, 0.2) is 48.2 Å². The van der Waals surface area contributed by atoms with Gasteiger partial charge in [-0.15, -0.1) is 11.3 Å². The van der Waals surface area contributed by atoms with Crippen molar-refractivity contribution in [3.63, 3.8) is 0 Å². The number of carbonyl (C=O) groups is 2. The lowest BCUT2D eigenvalue weighted by Crippen LogP contribution is -2.43. The van der Waals surface area contributed by atoms with Crippen molar-refractivity contribution in [3.8, 4) is 0 Å². The number of primary amides is 1. The fourth-order valence-electron chi connectivity index (χ4n) is 3.92. The summed E-state index contributed by atoms with van der Waals surface area (Å²) in [5.41, 5.74) is 10.7. The van der Waals surface area contributed by atoms with Gasteiger partial charge in [0.25, 0.3) is 5.91 Å². The van der Waals surface area contributed by atoms with Gasteiger partial charge in [0, 0.05) is 23.0 Å². The van der Waals surface area contributed by atoms with Gasteiger partial charge in [-0.1, -0.05) is 23.7 Å². The van der Waals surface area contributed by atoms with E-state index in [-0.39, 0.29) is 11.9 Å². The number of pyridine rings is 1. The molecular formula is C21H19ClN4O2S. The number of carbonyl (C=O) groups excluding carboxylic acids is 2. The molecule has 0 radical (unpaired) electrons. The van der Waals surface area contributed by atoms with Gasteiger partial charge in [0.05, 0.1) is 17.2 Å². The predicted molar refractivity (Wildman–Crippen MR) is 112 cm³/mol. The van der Waals surface area contributed by atoms with Crippen LogP contribution in [-0.2, 0) is 11.2 Å². The molecule has 1 aliphatic carbocycles. The highest BCUT2D eigenvalue weighted by Crippen LogP contribution is 2.42. The number of nitrogens with two attached hydrogens (primary N) is 1. The summed E-state index contributed by atoms with van der Waals surface area (Å²) in [6.45, 7) is 1.79. The third-order valence-corrected chi connectivity index (χ3v) is 6.36. The number of hydrogen-bond donors (Lipinski definition) is 1. The van der Waals surface area contributed by atoms with Crippen molar-refractivity contribution >= 4 is 34.8 Å². The molecule has 148 valence electrons. The summed E-state index contributed by atoms with van der Waals surface area (Å²) in [4.78, 5) is 36.7. The van der Waals surface area contributed by atoms with Crippen LogP contribution in [0, 0.1) is 6.92 Å². The summed E-state index contributed by atoms with van der Waals surface area (Å²) in [6.07, 6.45) is 4.65. The van der Waals surface area contributed by atoms with E-state index in [0.717, 1.165) is 17.5 Å². The number of hydrogen-bond acceptors (Lipinski definition) is 5. The molecule has 8 heteroatoms. The molecule has 1 aliphatic rings. The second-order valence-corrected chi connectivity index (χ2v) is 8.26. The van der Waals surface area contributed by atoms with Gasteiger partial charge < -0.3 is 10.6 Å². The van der Waals surface area contributed by atoms with Crippen LogP contribution in [0.25, 0.3) is 0 Å². The van der Waals surface area contributed by atoms with E-state index in [1.165, 1.54) is 11.3 Å². The maximum absolute atomic E-state index is 13.7. The second-order valence-electron chi connectivity index (χ2n) is 6.97. The third kappa shape index (κ3) is 3.63. The predicted octanol–water partition coefficient (Wildman–Crippen LogP) is 3.86. The van der Waals surface area contributed by atoms with Gasteiger partial charge in [-0.3, -0.25) is 14.6 Å². The van der Waals surface area contributed by atoms with Crippen LogP contribution in [0.1, 0.15) is 50.6 Å². The Kier molecular flexibility index (Phi) is 5.34. The molecule has 2 atom stereocenters. The van der Waals surface area contributed by atoms with Gasteiger partial charge in [-0.2, -0.15) is 0 Å². The highest BCUT2D eigenvalue weighted by Gasteiger charge is 2.40. The number of halogens is 1. The molecule has 2 heterocycles. The Morgan fingerprint density at radius 2 is 2.17 bits per heavy atom. The van der Waals surface area contributed by atoms with E-state index in [1.54, 1.807) is 41.9 Å². The minimum atomic E-state index is -0.940. The van der Waals surface area contributed by atoms with Gasteiger partial charge in [0.15, 0.2) is 0 Å². The fourth-order valence-corrected chi connectivity index (χ4v) is 4.86. The number of aromatic nitrogens is 2. The molecule has 0 unspecified atom stereocenters. The summed E-state index contributed by atoms with van der Waals surface area (Å²) in [6, 6.07) is 7.91. The average molecular weight is 427 g/mol. The molecule has 2 aromatic heterocycles. The van der Waals surface area contributed by atoms with Gasteiger partial charge in [-0.25, -0.2) is 4.98 Å². The molecule has 2 amide bonds. The third-order valence-electron chi connectivity index (χ3n) is 5.21. The van der Waals surface area contributed by atoms with Crippen LogP contribution in [0.2, 0.25) is 5.02 Å². The normalized spacial score (nSPS) is 16.3. The number of fused-ring (bicyclic) bond motifs is 1. The van der Waals surface area contributed by atoms with Crippen LogP contribution >= 0.6 is 22.9 Å². The van der Waals surface area contributed by atoms with E-state index in [0.29, 0.717) is 27.6 Å². The lowest BCUT2D eigenvalue weighted by atomic mass is 10.00. The molecule has 1 aromatic carbocycles. The highest BCUT2D eigenvalue weighted by atomic mass is 35.5. The minimum Gasteiger partial charge on any atom is -0.368 e.